The van der Waals surface area contributed by atoms with E-state index >= 15 is 0 Å². The van der Waals surface area contributed by atoms with Crippen LogP contribution in [-0.4, -0.2) is 66.4 Å². The zero-order valence-electron chi connectivity index (χ0n) is 15.0. The van der Waals surface area contributed by atoms with Crippen molar-refractivity contribution in [3.8, 4) is 11.6 Å². The van der Waals surface area contributed by atoms with Crippen molar-refractivity contribution in [3.05, 3.63) is 52.6 Å². The highest BCUT2D eigenvalue weighted by Crippen LogP contribution is 2.24. The highest BCUT2D eigenvalue weighted by Gasteiger charge is 2.20. The number of hydrogen-bond acceptors (Lipinski definition) is 5. The second-order valence-corrected chi connectivity index (χ2v) is 7.19. The van der Waals surface area contributed by atoms with Gasteiger partial charge in [-0.25, -0.2) is 4.98 Å². The smallest absolute Gasteiger partial charge is 0.257 e. The molecule has 7 nitrogen and oxygen atoms in total. The average Bonchev–Trinajstić information content (AvgIpc) is 2.68. The van der Waals surface area contributed by atoms with Gasteiger partial charge in [0, 0.05) is 36.8 Å². The van der Waals surface area contributed by atoms with E-state index in [0.29, 0.717) is 18.8 Å². The molecule has 1 aliphatic heterocycles. The lowest BCUT2D eigenvalue weighted by Crippen LogP contribution is -2.50. The number of aromatic nitrogens is 1. The van der Waals surface area contributed by atoms with Crippen LogP contribution in [0.4, 0.5) is 0 Å². The molecule has 1 aromatic heterocycles. The van der Waals surface area contributed by atoms with Crippen molar-refractivity contribution in [2.45, 2.75) is 0 Å². The van der Waals surface area contributed by atoms with E-state index in [2.05, 4.69) is 31.1 Å². The van der Waals surface area contributed by atoms with Crippen LogP contribution in [0.2, 0.25) is 0 Å². The van der Waals surface area contributed by atoms with Crippen molar-refractivity contribution in [2.24, 2.45) is 0 Å². The molecule has 0 saturated carbocycles. The minimum absolute atomic E-state index is 0.0465. The van der Waals surface area contributed by atoms with Gasteiger partial charge in [0.05, 0.1) is 6.54 Å². The Labute approximate surface area is 166 Å². The first-order valence-corrected chi connectivity index (χ1v) is 9.45. The topological polar surface area (TPSA) is 74.8 Å². The van der Waals surface area contributed by atoms with Gasteiger partial charge in [-0.15, -0.1) is 0 Å². The number of rotatable bonds is 5. The number of hydrogen-bond donors (Lipinski definition) is 1. The second kappa shape index (κ2) is 8.96. The number of likely N-dealkylation sites (N-methyl/N-ethyl adjacent to an activating group) is 1. The number of benzene rings is 1. The minimum Gasteiger partial charge on any atom is -0.438 e. The lowest BCUT2D eigenvalue weighted by atomic mass is 10.2. The van der Waals surface area contributed by atoms with E-state index in [1.165, 1.54) is 0 Å². The Hall–Kier alpha value is -2.45. The molecule has 0 spiro atoms. The molecule has 3 rings (SSSR count). The minimum atomic E-state index is -0.391. The van der Waals surface area contributed by atoms with Crippen LogP contribution in [-0.2, 0) is 4.79 Å². The first-order chi connectivity index (χ1) is 13.0. The first-order valence-electron chi connectivity index (χ1n) is 8.66. The summed E-state index contributed by atoms with van der Waals surface area (Å²) in [6, 6.07) is 10.5. The van der Waals surface area contributed by atoms with E-state index in [9.17, 15) is 9.59 Å². The normalized spacial score (nSPS) is 14.7. The van der Waals surface area contributed by atoms with E-state index < -0.39 is 5.91 Å². The largest absolute Gasteiger partial charge is 0.438 e. The highest BCUT2D eigenvalue weighted by atomic mass is 79.9. The summed E-state index contributed by atoms with van der Waals surface area (Å²) in [7, 11) is 2.03. The summed E-state index contributed by atoms with van der Waals surface area (Å²) < 4.78 is 6.65. The summed E-state index contributed by atoms with van der Waals surface area (Å²) in [4.78, 5) is 32.9. The van der Waals surface area contributed by atoms with Gasteiger partial charge in [-0.1, -0.05) is 15.9 Å². The van der Waals surface area contributed by atoms with Gasteiger partial charge in [0.1, 0.15) is 11.3 Å². The Bertz CT molecular complexity index is 805. The summed E-state index contributed by atoms with van der Waals surface area (Å²) in [6.07, 6.45) is 1.56. The quantitative estimate of drug-likeness (QED) is 0.782. The molecule has 0 unspecified atom stereocenters. The number of pyridine rings is 1. The summed E-state index contributed by atoms with van der Waals surface area (Å²) in [5.41, 5.74) is 0.284. The molecule has 1 fully saturated rings. The zero-order chi connectivity index (χ0) is 19.2. The van der Waals surface area contributed by atoms with Gasteiger partial charge in [-0.05, 0) is 43.4 Å². The molecular weight excluding hydrogens is 412 g/mol. The summed E-state index contributed by atoms with van der Waals surface area (Å²) in [5, 5.41) is 2.67. The highest BCUT2D eigenvalue weighted by molar-refractivity contribution is 9.10. The molecule has 8 heteroatoms. The van der Waals surface area contributed by atoms with Gasteiger partial charge in [0.15, 0.2) is 0 Å². The van der Waals surface area contributed by atoms with Gasteiger partial charge in [0.2, 0.25) is 11.8 Å². The molecule has 142 valence electrons. The third-order valence-electron chi connectivity index (χ3n) is 4.30. The number of nitrogens with zero attached hydrogens (tertiary/aromatic N) is 3. The van der Waals surface area contributed by atoms with Crippen LogP contribution in [0.5, 0.6) is 11.6 Å². The van der Waals surface area contributed by atoms with Gasteiger partial charge < -0.3 is 19.9 Å². The van der Waals surface area contributed by atoms with Gasteiger partial charge >= 0.3 is 0 Å². The predicted octanol–water partition coefficient (Wildman–Crippen LogP) is 2.14. The Morgan fingerprint density at radius 2 is 1.85 bits per heavy atom. The molecule has 2 heterocycles. The Balaban J connectivity index is 1.61. The average molecular weight is 433 g/mol. The number of ether oxygens (including phenoxy) is 1. The lowest BCUT2D eigenvalue weighted by Gasteiger charge is -2.32. The number of carbonyl (C=O) groups is 2. The van der Waals surface area contributed by atoms with Crippen LogP contribution in [0.3, 0.4) is 0 Å². The molecule has 2 amide bonds. The van der Waals surface area contributed by atoms with E-state index in [-0.39, 0.29) is 23.9 Å². The number of amides is 2. The molecule has 0 atom stereocenters. The predicted molar refractivity (Wildman–Crippen MR) is 105 cm³/mol. The van der Waals surface area contributed by atoms with Crippen LogP contribution in [0, 0.1) is 0 Å². The van der Waals surface area contributed by atoms with Gasteiger partial charge in [0.25, 0.3) is 5.91 Å². The molecule has 1 aliphatic rings. The van der Waals surface area contributed by atoms with E-state index in [1.807, 2.05) is 19.2 Å². The SMILES string of the molecule is CN1CCN(C(=O)CNC(=O)c2cccnc2Oc2ccc(Br)cc2)CC1. The third-order valence-corrected chi connectivity index (χ3v) is 4.83. The molecule has 0 radical (unpaired) electrons. The molecule has 27 heavy (non-hydrogen) atoms. The molecule has 1 N–H and O–H groups in total. The van der Waals surface area contributed by atoms with E-state index in [4.69, 9.17) is 4.74 Å². The van der Waals surface area contributed by atoms with E-state index in [0.717, 1.165) is 17.6 Å². The maximum Gasteiger partial charge on any atom is 0.257 e. The summed E-state index contributed by atoms with van der Waals surface area (Å²) >= 11 is 3.36. The van der Waals surface area contributed by atoms with Crippen molar-refractivity contribution >= 4 is 27.7 Å². The Morgan fingerprint density at radius 1 is 1.15 bits per heavy atom. The summed E-state index contributed by atoms with van der Waals surface area (Å²) in [5.74, 6) is 0.289. The Morgan fingerprint density at radius 3 is 2.56 bits per heavy atom. The molecule has 0 bridgehead atoms. The standard InChI is InChI=1S/C19H21BrN4O3/c1-23-9-11-24(12-10-23)17(25)13-22-18(26)16-3-2-8-21-19(16)27-15-6-4-14(20)5-7-15/h2-8H,9-13H2,1H3,(H,22,26). The fourth-order valence-electron chi connectivity index (χ4n) is 2.68. The van der Waals surface area contributed by atoms with Crippen LogP contribution in [0.25, 0.3) is 0 Å². The summed E-state index contributed by atoms with van der Waals surface area (Å²) in [6.45, 7) is 2.99. The number of carbonyl (C=O) groups excluding carboxylic acids is 2. The van der Waals surface area contributed by atoms with Gasteiger partial charge in [-0.2, -0.15) is 0 Å². The third kappa shape index (κ3) is 5.27. The number of halogens is 1. The van der Waals surface area contributed by atoms with Crippen molar-refractivity contribution in [3.63, 3.8) is 0 Å². The fourth-order valence-corrected chi connectivity index (χ4v) is 2.94. The fraction of sp³-hybridized carbons (Fsp3) is 0.316. The van der Waals surface area contributed by atoms with Crippen LogP contribution < -0.4 is 10.1 Å². The molecular formula is C19H21BrN4O3. The first kappa shape index (κ1) is 19.3. The zero-order valence-corrected chi connectivity index (χ0v) is 16.6. The number of piperazine rings is 1. The lowest BCUT2D eigenvalue weighted by molar-refractivity contribution is -0.131. The van der Waals surface area contributed by atoms with Gasteiger partial charge in [-0.3, -0.25) is 9.59 Å². The maximum absolute atomic E-state index is 12.5. The van der Waals surface area contributed by atoms with E-state index in [1.54, 1.807) is 35.4 Å². The molecule has 1 aromatic carbocycles. The van der Waals surface area contributed by atoms with Crippen LogP contribution >= 0.6 is 15.9 Å². The molecule has 2 aromatic rings. The van der Waals surface area contributed by atoms with Crippen molar-refractivity contribution < 1.29 is 14.3 Å². The molecule has 1 saturated heterocycles. The van der Waals surface area contributed by atoms with Crippen LogP contribution in [0.1, 0.15) is 10.4 Å². The monoisotopic (exact) mass is 432 g/mol. The van der Waals surface area contributed by atoms with Crippen molar-refractivity contribution in [2.75, 3.05) is 39.8 Å². The van der Waals surface area contributed by atoms with Crippen LogP contribution in [0.15, 0.2) is 47.1 Å². The number of nitrogens with one attached hydrogen (secondary N) is 1. The second-order valence-electron chi connectivity index (χ2n) is 6.28. The van der Waals surface area contributed by atoms with Crippen molar-refractivity contribution in [1.82, 2.24) is 20.1 Å². The van der Waals surface area contributed by atoms with Crippen molar-refractivity contribution in [1.29, 1.82) is 0 Å². The Kier molecular flexibility index (Phi) is 6.41. The maximum atomic E-state index is 12.5. The molecule has 0 aliphatic carbocycles.